The van der Waals surface area contributed by atoms with Crippen LogP contribution < -0.4 is 0 Å². The molecule has 0 fully saturated rings. The van der Waals surface area contributed by atoms with Crippen LogP contribution in [0.5, 0.6) is 0 Å². The van der Waals surface area contributed by atoms with Crippen LogP contribution in [0.2, 0.25) is 0 Å². The van der Waals surface area contributed by atoms with Gasteiger partial charge in [-0.2, -0.15) is 0 Å². The first-order valence-electron chi connectivity index (χ1n) is 29.4. The van der Waals surface area contributed by atoms with Gasteiger partial charge < -0.3 is 14.2 Å². The molecule has 0 saturated carbocycles. The second-order valence-corrected chi connectivity index (χ2v) is 19.5. The van der Waals surface area contributed by atoms with Crippen LogP contribution in [0.4, 0.5) is 0 Å². The SMILES string of the molecule is CCCCCC/C=C\C/C=C\CCCCCCCC(=O)OC(COC(=O)CCCCCCC/C=C\CCCCCCC)COC(=O)CCCCCCCC/C=C\C/C=C\C/C=C\CCCCCCC. The Morgan fingerprint density at radius 2 is 0.522 bits per heavy atom. The first kappa shape index (κ1) is 65.8. The van der Waals surface area contributed by atoms with Crippen molar-refractivity contribution in [2.24, 2.45) is 0 Å². The number of hydrogen-bond acceptors (Lipinski definition) is 6. The van der Waals surface area contributed by atoms with Crippen LogP contribution in [0.25, 0.3) is 0 Å². The topological polar surface area (TPSA) is 78.9 Å². The van der Waals surface area contributed by atoms with E-state index < -0.39 is 6.10 Å². The number of unbranched alkanes of at least 4 members (excludes halogenated alkanes) is 30. The van der Waals surface area contributed by atoms with Gasteiger partial charge in [0.25, 0.3) is 0 Å². The molecule has 0 radical (unpaired) electrons. The van der Waals surface area contributed by atoms with E-state index in [-0.39, 0.29) is 31.1 Å². The van der Waals surface area contributed by atoms with Crippen LogP contribution in [0.1, 0.15) is 290 Å². The molecule has 0 rings (SSSR count). The van der Waals surface area contributed by atoms with E-state index in [9.17, 15) is 14.4 Å². The molecule has 0 aliphatic heterocycles. The zero-order valence-electron chi connectivity index (χ0n) is 45.6. The summed E-state index contributed by atoms with van der Waals surface area (Å²) >= 11 is 0. The minimum absolute atomic E-state index is 0.0894. The molecule has 0 heterocycles. The van der Waals surface area contributed by atoms with E-state index >= 15 is 0 Å². The molecule has 1 atom stereocenters. The summed E-state index contributed by atoms with van der Waals surface area (Å²) in [5.41, 5.74) is 0. The minimum atomic E-state index is -0.792. The van der Waals surface area contributed by atoms with Gasteiger partial charge in [-0.25, -0.2) is 0 Å². The number of hydrogen-bond donors (Lipinski definition) is 0. The highest BCUT2D eigenvalue weighted by Crippen LogP contribution is 2.14. The van der Waals surface area contributed by atoms with Gasteiger partial charge in [0.2, 0.25) is 0 Å². The maximum absolute atomic E-state index is 12.9. The highest BCUT2D eigenvalue weighted by Gasteiger charge is 2.19. The Balaban J connectivity index is 4.41. The predicted molar refractivity (Wildman–Crippen MR) is 298 cm³/mol. The summed E-state index contributed by atoms with van der Waals surface area (Å²) < 4.78 is 16.9. The molecule has 0 amide bonds. The molecule has 0 aliphatic rings. The quantitative estimate of drug-likeness (QED) is 0.0262. The molecular weight excluding hydrogens is 853 g/mol. The van der Waals surface area contributed by atoms with Gasteiger partial charge in [-0.1, -0.05) is 229 Å². The third kappa shape index (κ3) is 55.6. The first-order chi connectivity index (χ1) is 34.0. The van der Waals surface area contributed by atoms with Crippen molar-refractivity contribution in [3.63, 3.8) is 0 Å². The Labute approximate surface area is 427 Å². The summed E-state index contributed by atoms with van der Waals surface area (Å²) in [5.74, 6) is -0.916. The van der Waals surface area contributed by atoms with Gasteiger partial charge in [0.05, 0.1) is 0 Å². The molecule has 0 spiro atoms. The molecule has 0 aliphatic carbocycles. The number of ether oxygens (including phenoxy) is 3. The van der Waals surface area contributed by atoms with Crippen molar-refractivity contribution in [2.45, 2.75) is 297 Å². The molecule has 0 aromatic heterocycles. The summed E-state index contributed by atoms with van der Waals surface area (Å²) in [4.78, 5) is 38.2. The van der Waals surface area contributed by atoms with E-state index in [1.165, 1.54) is 141 Å². The summed E-state index contributed by atoms with van der Waals surface area (Å²) in [5, 5.41) is 0. The van der Waals surface area contributed by atoms with Crippen molar-refractivity contribution in [3.8, 4) is 0 Å². The van der Waals surface area contributed by atoms with Crippen molar-refractivity contribution in [1.82, 2.24) is 0 Å². The Morgan fingerprint density at radius 3 is 0.841 bits per heavy atom. The van der Waals surface area contributed by atoms with Gasteiger partial charge in [-0.05, 0) is 116 Å². The van der Waals surface area contributed by atoms with Crippen molar-refractivity contribution in [1.29, 1.82) is 0 Å². The standard InChI is InChI=1S/C63H110O6/c1-4-7-10-13-16-19-22-25-28-30-31-32-33-34-36-38-41-44-47-50-53-56-62(65)68-59-60(58-67-61(64)55-52-49-46-43-40-37-27-24-21-18-15-12-9-6-3)69-63(66)57-54-51-48-45-42-39-35-29-26-23-20-17-14-11-8-5-2/h20,22-25,27,29-31,33-35,60H,4-19,21,26,28,32,36-59H2,1-3H3/b23-20-,25-22-,27-24-,31-30-,34-33-,35-29-. The second kappa shape index (κ2) is 57.4. The molecule has 0 aromatic rings. The first-order valence-corrected chi connectivity index (χ1v) is 29.4. The van der Waals surface area contributed by atoms with Gasteiger partial charge in [-0.3, -0.25) is 14.4 Å². The van der Waals surface area contributed by atoms with E-state index in [1.807, 2.05) is 0 Å². The summed E-state index contributed by atoms with van der Waals surface area (Å²) in [7, 11) is 0. The highest BCUT2D eigenvalue weighted by atomic mass is 16.6. The molecular formula is C63H110O6. The lowest BCUT2D eigenvalue weighted by Gasteiger charge is -2.18. The third-order valence-electron chi connectivity index (χ3n) is 12.7. The van der Waals surface area contributed by atoms with E-state index in [0.717, 1.165) is 109 Å². The fraction of sp³-hybridized carbons (Fsp3) is 0.762. The van der Waals surface area contributed by atoms with Crippen LogP contribution in [0, 0.1) is 0 Å². The molecule has 0 aromatic carbocycles. The van der Waals surface area contributed by atoms with Crippen molar-refractivity contribution in [3.05, 3.63) is 72.9 Å². The fourth-order valence-electron chi connectivity index (χ4n) is 8.18. The predicted octanol–water partition coefficient (Wildman–Crippen LogP) is 19.8. The lowest BCUT2D eigenvalue weighted by atomic mass is 10.1. The van der Waals surface area contributed by atoms with Gasteiger partial charge in [0.1, 0.15) is 13.2 Å². The fourth-order valence-corrected chi connectivity index (χ4v) is 8.18. The van der Waals surface area contributed by atoms with Gasteiger partial charge in [0.15, 0.2) is 6.10 Å². The van der Waals surface area contributed by atoms with Crippen LogP contribution in [-0.4, -0.2) is 37.2 Å². The molecule has 398 valence electrons. The maximum atomic E-state index is 12.9. The lowest BCUT2D eigenvalue weighted by molar-refractivity contribution is -0.167. The molecule has 0 N–H and O–H groups in total. The minimum Gasteiger partial charge on any atom is -0.462 e. The van der Waals surface area contributed by atoms with Crippen molar-refractivity contribution in [2.75, 3.05) is 13.2 Å². The summed E-state index contributed by atoms with van der Waals surface area (Å²) in [6.45, 7) is 6.59. The molecule has 0 saturated heterocycles. The summed E-state index contributed by atoms with van der Waals surface area (Å²) in [6, 6.07) is 0. The monoisotopic (exact) mass is 963 g/mol. The summed E-state index contributed by atoms with van der Waals surface area (Å²) in [6.07, 6.45) is 73.1. The van der Waals surface area contributed by atoms with Crippen LogP contribution >= 0.6 is 0 Å². The van der Waals surface area contributed by atoms with Gasteiger partial charge >= 0.3 is 17.9 Å². The average molecular weight is 964 g/mol. The zero-order valence-corrected chi connectivity index (χ0v) is 45.6. The Hall–Kier alpha value is -3.15. The van der Waals surface area contributed by atoms with E-state index in [1.54, 1.807) is 0 Å². The largest absolute Gasteiger partial charge is 0.462 e. The van der Waals surface area contributed by atoms with Gasteiger partial charge in [0, 0.05) is 19.3 Å². The van der Waals surface area contributed by atoms with E-state index in [4.69, 9.17) is 14.2 Å². The number of rotatable bonds is 53. The highest BCUT2D eigenvalue weighted by molar-refractivity contribution is 5.71. The second-order valence-electron chi connectivity index (χ2n) is 19.5. The van der Waals surface area contributed by atoms with E-state index in [2.05, 4.69) is 93.7 Å². The van der Waals surface area contributed by atoms with Crippen LogP contribution in [0.15, 0.2) is 72.9 Å². The Morgan fingerprint density at radius 1 is 0.290 bits per heavy atom. The van der Waals surface area contributed by atoms with Crippen LogP contribution in [0.3, 0.4) is 0 Å². The van der Waals surface area contributed by atoms with Crippen molar-refractivity contribution >= 4 is 17.9 Å². The molecule has 6 nitrogen and oxygen atoms in total. The average Bonchev–Trinajstić information content (AvgIpc) is 3.35. The number of carbonyl (C=O) groups is 3. The van der Waals surface area contributed by atoms with E-state index in [0.29, 0.717) is 19.3 Å². The number of esters is 3. The molecule has 0 bridgehead atoms. The number of allylic oxidation sites excluding steroid dienone is 12. The van der Waals surface area contributed by atoms with Gasteiger partial charge in [-0.15, -0.1) is 0 Å². The zero-order chi connectivity index (χ0) is 50.0. The number of carbonyl (C=O) groups excluding carboxylic acids is 3. The smallest absolute Gasteiger partial charge is 0.306 e. The normalized spacial score (nSPS) is 12.6. The lowest BCUT2D eigenvalue weighted by Crippen LogP contribution is -2.30. The molecule has 69 heavy (non-hydrogen) atoms. The molecule has 1 unspecified atom stereocenters. The Kier molecular flexibility index (Phi) is 54.8. The molecule has 6 heteroatoms. The third-order valence-corrected chi connectivity index (χ3v) is 12.7. The van der Waals surface area contributed by atoms with Crippen LogP contribution in [-0.2, 0) is 28.6 Å². The van der Waals surface area contributed by atoms with Crippen molar-refractivity contribution < 1.29 is 28.6 Å². The maximum Gasteiger partial charge on any atom is 0.306 e. The Bertz CT molecular complexity index is 1290.